The zero-order valence-corrected chi connectivity index (χ0v) is 17.7. The number of carboxylic acids is 1. The number of aromatic carboxylic acids is 1. The van der Waals surface area contributed by atoms with Gasteiger partial charge in [-0.05, 0) is 61.4 Å². The number of hydrogen-bond donors (Lipinski definition) is 1. The number of hydrogen-bond acceptors (Lipinski definition) is 3. The molecule has 2 aromatic carbocycles. The smallest absolute Gasteiger partial charge is 0.417 e. The van der Waals surface area contributed by atoms with Crippen LogP contribution in [0.3, 0.4) is 0 Å². The number of benzene rings is 2. The van der Waals surface area contributed by atoms with Crippen molar-refractivity contribution in [1.29, 1.82) is 0 Å². The monoisotopic (exact) mass is 472 g/mol. The number of aromatic nitrogens is 2. The summed E-state index contributed by atoms with van der Waals surface area (Å²) in [6.45, 7) is 0. The van der Waals surface area contributed by atoms with E-state index < -0.39 is 17.7 Å². The molecule has 4 aromatic rings. The summed E-state index contributed by atoms with van der Waals surface area (Å²) in [6, 6.07) is 14.3. The Balaban J connectivity index is 1.59. The zero-order chi connectivity index (χ0) is 23.3. The van der Waals surface area contributed by atoms with Crippen molar-refractivity contribution in [2.24, 2.45) is 0 Å². The number of nitrogens with zero attached hydrogens (tertiary/aromatic N) is 2. The first-order valence-electron chi connectivity index (χ1n) is 10.1. The molecule has 0 unspecified atom stereocenters. The fourth-order valence-electron chi connectivity index (χ4n) is 3.65. The Labute approximate surface area is 191 Å². The van der Waals surface area contributed by atoms with Crippen LogP contribution in [0.25, 0.3) is 27.8 Å². The Morgan fingerprint density at radius 1 is 1.09 bits per heavy atom. The van der Waals surface area contributed by atoms with E-state index in [-0.39, 0.29) is 16.8 Å². The lowest BCUT2D eigenvalue weighted by atomic mass is 10.1. The number of carboxylic acid groups (broad SMARTS) is 1. The van der Waals surface area contributed by atoms with E-state index in [1.807, 2.05) is 0 Å². The summed E-state index contributed by atoms with van der Waals surface area (Å²) in [5.41, 5.74) is 1.00. The van der Waals surface area contributed by atoms with Gasteiger partial charge in [0.15, 0.2) is 5.69 Å². The summed E-state index contributed by atoms with van der Waals surface area (Å²) in [7, 11) is 0. The van der Waals surface area contributed by atoms with Gasteiger partial charge in [-0.25, -0.2) is 4.79 Å². The van der Waals surface area contributed by atoms with Gasteiger partial charge in [-0.15, -0.1) is 0 Å². The molecule has 33 heavy (non-hydrogen) atoms. The molecular formula is C24H16ClF3N2O3. The third kappa shape index (κ3) is 4.02. The third-order valence-corrected chi connectivity index (χ3v) is 5.80. The first-order chi connectivity index (χ1) is 15.7. The van der Waals surface area contributed by atoms with Crippen LogP contribution in [0.1, 0.15) is 28.9 Å². The van der Waals surface area contributed by atoms with E-state index in [0.717, 1.165) is 25.1 Å². The van der Waals surface area contributed by atoms with Crippen LogP contribution in [0.15, 0.2) is 60.8 Å². The quantitative estimate of drug-likeness (QED) is 0.355. The van der Waals surface area contributed by atoms with Crippen molar-refractivity contribution >= 4 is 28.5 Å². The summed E-state index contributed by atoms with van der Waals surface area (Å²) in [5, 5.41) is 10.3. The number of alkyl halides is 3. The molecule has 5 rings (SSSR count). The highest BCUT2D eigenvalue weighted by Crippen LogP contribution is 2.37. The average molecular weight is 473 g/mol. The molecule has 2 heterocycles. The van der Waals surface area contributed by atoms with E-state index in [9.17, 15) is 23.1 Å². The number of carbonyl (C=O) groups is 1. The van der Waals surface area contributed by atoms with Crippen molar-refractivity contribution in [3.05, 3.63) is 77.1 Å². The largest absolute Gasteiger partial charge is 0.490 e. The standard InChI is InChI=1S/C24H16ClF3N2O3/c25-21-18-11-13(19-9-2-14(12-29-19)24(26,27)28)1-10-20(18)30(22(21)23(31)32)15-3-5-16(6-4-15)33-17-7-8-17/h1-6,9-12,17H,7-8H2,(H,31,32). The van der Waals surface area contributed by atoms with Crippen molar-refractivity contribution in [3.8, 4) is 22.7 Å². The number of pyridine rings is 1. The summed E-state index contributed by atoms with van der Waals surface area (Å²) < 4.78 is 45.8. The topological polar surface area (TPSA) is 64.3 Å². The van der Waals surface area contributed by atoms with Gasteiger partial charge in [-0.3, -0.25) is 4.98 Å². The van der Waals surface area contributed by atoms with Gasteiger partial charge in [-0.2, -0.15) is 13.2 Å². The lowest BCUT2D eigenvalue weighted by Gasteiger charge is -2.11. The molecule has 0 bridgehead atoms. The lowest BCUT2D eigenvalue weighted by Crippen LogP contribution is -2.07. The maximum atomic E-state index is 12.8. The van der Waals surface area contributed by atoms with E-state index >= 15 is 0 Å². The molecule has 0 amide bonds. The highest BCUT2D eigenvalue weighted by Gasteiger charge is 2.31. The molecule has 0 aliphatic heterocycles. The molecule has 9 heteroatoms. The predicted octanol–water partition coefficient (Wildman–Crippen LogP) is 6.60. The van der Waals surface area contributed by atoms with E-state index in [1.54, 1.807) is 42.5 Å². The minimum atomic E-state index is -4.48. The highest BCUT2D eigenvalue weighted by atomic mass is 35.5. The SMILES string of the molecule is O=C(O)c1c(Cl)c2cc(-c3ccc(C(F)(F)F)cn3)ccc2n1-c1ccc(OC2CC2)cc1. The van der Waals surface area contributed by atoms with Gasteiger partial charge in [0.05, 0.1) is 27.9 Å². The van der Waals surface area contributed by atoms with Crippen molar-refractivity contribution in [1.82, 2.24) is 9.55 Å². The minimum absolute atomic E-state index is 0.0320. The molecule has 1 saturated carbocycles. The number of halogens is 4. The van der Waals surface area contributed by atoms with Gasteiger partial charge in [0, 0.05) is 22.8 Å². The molecule has 0 radical (unpaired) electrons. The van der Waals surface area contributed by atoms with Crippen LogP contribution in [0.5, 0.6) is 5.75 Å². The molecule has 168 valence electrons. The van der Waals surface area contributed by atoms with Crippen LogP contribution in [0, 0.1) is 0 Å². The summed E-state index contributed by atoms with van der Waals surface area (Å²) in [6.07, 6.45) is -1.42. The van der Waals surface area contributed by atoms with Crippen molar-refractivity contribution in [2.45, 2.75) is 25.1 Å². The van der Waals surface area contributed by atoms with Gasteiger partial charge in [0.2, 0.25) is 0 Å². The number of rotatable bonds is 5. The molecule has 0 atom stereocenters. The van der Waals surface area contributed by atoms with Crippen LogP contribution in [-0.4, -0.2) is 26.7 Å². The molecule has 1 aliphatic rings. The van der Waals surface area contributed by atoms with Crippen LogP contribution >= 0.6 is 11.6 Å². The van der Waals surface area contributed by atoms with Crippen LogP contribution < -0.4 is 4.74 Å². The molecule has 1 fully saturated rings. The second kappa shape index (κ2) is 7.81. The summed E-state index contributed by atoms with van der Waals surface area (Å²) >= 11 is 6.46. The normalized spacial score (nSPS) is 13.9. The van der Waals surface area contributed by atoms with Crippen LogP contribution in [0.2, 0.25) is 5.02 Å². The van der Waals surface area contributed by atoms with Gasteiger partial charge in [0.1, 0.15) is 5.75 Å². The van der Waals surface area contributed by atoms with E-state index in [2.05, 4.69) is 4.98 Å². The predicted molar refractivity (Wildman–Crippen MR) is 117 cm³/mol. The van der Waals surface area contributed by atoms with E-state index in [4.69, 9.17) is 16.3 Å². The van der Waals surface area contributed by atoms with E-state index in [1.165, 1.54) is 10.6 Å². The van der Waals surface area contributed by atoms with Crippen LogP contribution in [-0.2, 0) is 6.18 Å². The minimum Gasteiger partial charge on any atom is -0.490 e. The van der Waals surface area contributed by atoms with Gasteiger partial charge in [-0.1, -0.05) is 17.7 Å². The summed E-state index contributed by atoms with van der Waals surface area (Å²) in [5.74, 6) is -0.500. The molecule has 1 N–H and O–H groups in total. The zero-order valence-electron chi connectivity index (χ0n) is 16.9. The van der Waals surface area contributed by atoms with Crippen molar-refractivity contribution < 1.29 is 27.8 Å². The average Bonchev–Trinajstić information content (AvgIpc) is 3.55. The molecule has 1 aliphatic carbocycles. The molecule has 0 saturated heterocycles. The Morgan fingerprint density at radius 3 is 2.39 bits per heavy atom. The molecular weight excluding hydrogens is 457 g/mol. The van der Waals surface area contributed by atoms with Crippen LogP contribution in [0.4, 0.5) is 13.2 Å². The molecule has 5 nitrogen and oxygen atoms in total. The number of fused-ring (bicyclic) bond motifs is 1. The second-order valence-corrected chi connectivity index (χ2v) is 8.15. The van der Waals surface area contributed by atoms with Gasteiger partial charge in [0.25, 0.3) is 0 Å². The van der Waals surface area contributed by atoms with E-state index in [0.29, 0.717) is 33.6 Å². The van der Waals surface area contributed by atoms with Gasteiger partial charge >= 0.3 is 12.1 Å². The Kier molecular flexibility index (Phi) is 5.05. The molecule has 2 aromatic heterocycles. The summed E-state index contributed by atoms with van der Waals surface area (Å²) in [4.78, 5) is 16.0. The van der Waals surface area contributed by atoms with Gasteiger partial charge < -0.3 is 14.4 Å². The maximum absolute atomic E-state index is 12.8. The number of ether oxygens (including phenoxy) is 1. The fourth-order valence-corrected chi connectivity index (χ4v) is 3.97. The first-order valence-corrected chi connectivity index (χ1v) is 10.5. The second-order valence-electron chi connectivity index (χ2n) is 7.78. The third-order valence-electron chi connectivity index (χ3n) is 5.42. The van der Waals surface area contributed by atoms with Crippen molar-refractivity contribution in [3.63, 3.8) is 0 Å². The van der Waals surface area contributed by atoms with Crippen molar-refractivity contribution in [2.75, 3.05) is 0 Å². The molecule has 0 spiro atoms. The Hall–Kier alpha value is -3.52. The Bertz CT molecular complexity index is 1360. The highest BCUT2D eigenvalue weighted by molar-refractivity contribution is 6.38. The lowest BCUT2D eigenvalue weighted by molar-refractivity contribution is -0.137. The Morgan fingerprint density at radius 2 is 1.82 bits per heavy atom. The fraction of sp³-hybridized carbons (Fsp3) is 0.167. The maximum Gasteiger partial charge on any atom is 0.417 e. The first kappa shape index (κ1) is 21.3.